The molecule has 0 bridgehead atoms. The van der Waals surface area contributed by atoms with E-state index in [0.717, 1.165) is 26.9 Å². The first-order chi connectivity index (χ1) is 16.1. The number of benzene rings is 3. The van der Waals surface area contributed by atoms with Crippen molar-refractivity contribution < 1.29 is 9.47 Å². The van der Waals surface area contributed by atoms with Crippen molar-refractivity contribution in [2.24, 2.45) is 5.10 Å². The van der Waals surface area contributed by atoms with E-state index < -0.39 is 0 Å². The molecule has 0 fully saturated rings. The molecule has 8 heteroatoms. The second-order valence-electron chi connectivity index (χ2n) is 6.93. The fourth-order valence-corrected chi connectivity index (χ4v) is 4.13. The van der Waals surface area contributed by atoms with Crippen molar-refractivity contribution in [3.8, 4) is 22.8 Å². The van der Waals surface area contributed by atoms with Crippen molar-refractivity contribution in [1.82, 2.24) is 4.98 Å². The number of nitrogens with zero attached hydrogens (tertiary/aromatic N) is 2. The molecule has 1 N–H and O–H groups in total. The highest BCUT2D eigenvalue weighted by Crippen LogP contribution is 2.30. The summed E-state index contributed by atoms with van der Waals surface area (Å²) in [4.78, 5) is 4.59. The monoisotopic (exact) mass is 541 g/mol. The van der Waals surface area contributed by atoms with Crippen molar-refractivity contribution in [3.63, 3.8) is 0 Å². The van der Waals surface area contributed by atoms with Crippen LogP contribution in [0, 0.1) is 0 Å². The second kappa shape index (κ2) is 11.3. The fourth-order valence-electron chi connectivity index (χ4n) is 3.00. The highest BCUT2D eigenvalue weighted by atomic mass is 79.9. The van der Waals surface area contributed by atoms with Gasteiger partial charge in [0.2, 0.25) is 5.13 Å². The molecule has 0 amide bonds. The van der Waals surface area contributed by atoms with Crippen LogP contribution in [0.25, 0.3) is 11.3 Å². The van der Waals surface area contributed by atoms with Crippen LogP contribution in [0.3, 0.4) is 0 Å². The third-order valence-electron chi connectivity index (χ3n) is 4.63. The molecule has 4 rings (SSSR count). The molecule has 0 atom stereocenters. The number of hydrogen-bond acceptors (Lipinski definition) is 6. The number of anilines is 1. The maximum Gasteiger partial charge on any atom is 0.203 e. The molecule has 0 aliphatic rings. The normalized spacial score (nSPS) is 11.0. The Morgan fingerprint density at radius 1 is 1.06 bits per heavy atom. The third-order valence-corrected chi connectivity index (χ3v) is 6.27. The minimum Gasteiger partial charge on any atom is -0.490 e. The van der Waals surface area contributed by atoms with Gasteiger partial charge in [0, 0.05) is 26.0 Å². The van der Waals surface area contributed by atoms with E-state index in [0.29, 0.717) is 34.9 Å². The third kappa shape index (κ3) is 6.35. The Hall–Kier alpha value is -2.87. The molecule has 1 aromatic heterocycles. The largest absolute Gasteiger partial charge is 0.490 e. The number of hydrazone groups is 1. The van der Waals surface area contributed by atoms with E-state index in [1.54, 1.807) is 6.21 Å². The average Bonchev–Trinajstić information content (AvgIpc) is 3.29. The van der Waals surface area contributed by atoms with Crippen molar-refractivity contribution in [3.05, 3.63) is 92.7 Å². The van der Waals surface area contributed by atoms with Crippen LogP contribution in [0.5, 0.6) is 11.5 Å². The standard InChI is InChI=1S/C25H21BrClN3O2S/c1-2-31-24-13-17(7-12-23(24)32-15-19-5-3-4-6-21(19)27)14-28-30-25-29-22(16-33-25)18-8-10-20(26)11-9-18/h3-14,16H,2,15H2,1H3,(H,29,30)/b28-14-. The number of halogens is 2. The molecule has 168 valence electrons. The van der Waals surface area contributed by atoms with E-state index in [-0.39, 0.29) is 0 Å². The van der Waals surface area contributed by atoms with Crippen molar-refractivity contribution in [2.75, 3.05) is 12.0 Å². The Balaban J connectivity index is 1.41. The number of ether oxygens (including phenoxy) is 2. The minimum atomic E-state index is 0.361. The Morgan fingerprint density at radius 3 is 2.67 bits per heavy atom. The molecule has 0 spiro atoms. The summed E-state index contributed by atoms with van der Waals surface area (Å²) in [6.45, 7) is 2.82. The van der Waals surface area contributed by atoms with Crippen LogP contribution in [0.15, 0.2) is 81.7 Å². The number of aromatic nitrogens is 1. The van der Waals surface area contributed by atoms with Gasteiger partial charge >= 0.3 is 0 Å². The Morgan fingerprint density at radius 2 is 1.88 bits per heavy atom. The van der Waals surface area contributed by atoms with Crippen LogP contribution in [0.4, 0.5) is 5.13 Å². The van der Waals surface area contributed by atoms with E-state index in [1.807, 2.05) is 79.0 Å². The van der Waals surface area contributed by atoms with Crippen LogP contribution in [0.1, 0.15) is 18.1 Å². The molecule has 3 aromatic carbocycles. The molecule has 0 aliphatic carbocycles. The smallest absolute Gasteiger partial charge is 0.203 e. The first-order valence-corrected chi connectivity index (χ1v) is 12.3. The molecule has 0 radical (unpaired) electrons. The number of thiazole rings is 1. The van der Waals surface area contributed by atoms with E-state index in [9.17, 15) is 0 Å². The summed E-state index contributed by atoms with van der Waals surface area (Å²) in [6, 6.07) is 21.4. The zero-order valence-electron chi connectivity index (χ0n) is 17.8. The predicted molar refractivity (Wildman–Crippen MR) is 140 cm³/mol. The number of rotatable bonds is 9. The Bertz CT molecular complexity index is 1240. The summed E-state index contributed by atoms with van der Waals surface area (Å²) in [5.74, 6) is 1.31. The summed E-state index contributed by atoms with van der Waals surface area (Å²) < 4.78 is 12.8. The van der Waals surface area contributed by atoms with Crippen molar-refractivity contribution in [1.29, 1.82) is 0 Å². The summed E-state index contributed by atoms with van der Waals surface area (Å²) in [5.41, 5.74) is 6.75. The highest BCUT2D eigenvalue weighted by molar-refractivity contribution is 9.10. The molecule has 1 heterocycles. The summed E-state index contributed by atoms with van der Waals surface area (Å²) in [6.07, 6.45) is 1.72. The van der Waals surface area contributed by atoms with Gasteiger partial charge in [-0.15, -0.1) is 11.3 Å². The quantitative estimate of drug-likeness (QED) is 0.174. The molecule has 0 aliphatic heterocycles. The van der Waals surface area contributed by atoms with E-state index in [4.69, 9.17) is 21.1 Å². The van der Waals surface area contributed by atoms with Crippen LogP contribution >= 0.6 is 38.9 Å². The van der Waals surface area contributed by atoms with Crippen LogP contribution in [-0.4, -0.2) is 17.8 Å². The molecule has 33 heavy (non-hydrogen) atoms. The summed E-state index contributed by atoms with van der Waals surface area (Å²) >= 11 is 11.2. The molecular weight excluding hydrogens is 522 g/mol. The molecule has 0 saturated heterocycles. The van der Waals surface area contributed by atoms with E-state index >= 15 is 0 Å². The molecule has 0 unspecified atom stereocenters. The van der Waals surface area contributed by atoms with Crippen LogP contribution in [0.2, 0.25) is 5.02 Å². The lowest BCUT2D eigenvalue weighted by Crippen LogP contribution is -2.01. The van der Waals surface area contributed by atoms with Crippen LogP contribution in [-0.2, 0) is 6.61 Å². The molecule has 5 nitrogen and oxygen atoms in total. The summed E-state index contributed by atoms with van der Waals surface area (Å²) in [5, 5.41) is 7.71. The van der Waals surface area contributed by atoms with Gasteiger partial charge in [-0.05, 0) is 48.9 Å². The molecule has 0 saturated carbocycles. The van der Waals surface area contributed by atoms with Crippen LogP contribution < -0.4 is 14.9 Å². The Kier molecular flexibility index (Phi) is 7.99. The van der Waals surface area contributed by atoms with E-state index in [2.05, 4.69) is 31.4 Å². The number of hydrogen-bond donors (Lipinski definition) is 1. The van der Waals surface area contributed by atoms with Gasteiger partial charge in [0.25, 0.3) is 0 Å². The van der Waals surface area contributed by atoms with Gasteiger partial charge in [0.15, 0.2) is 11.5 Å². The zero-order chi connectivity index (χ0) is 23.0. The van der Waals surface area contributed by atoms with Crippen molar-refractivity contribution >= 4 is 50.2 Å². The maximum absolute atomic E-state index is 6.23. The van der Waals surface area contributed by atoms with Gasteiger partial charge in [-0.1, -0.05) is 57.9 Å². The van der Waals surface area contributed by atoms with Gasteiger partial charge in [0.05, 0.1) is 18.5 Å². The first-order valence-electron chi connectivity index (χ1n) is 10.3. The van der Waals surface area contributed by atoms with Gasteiger partial charge in [-0.25, -0.2) is 4.98 Å². The SMILES string of the molecule is CCOc1cc(/C=N\Nc2nc(-c3ccc(Br)cc3)cs2)ccc1OCc1ccccc1Cl. The predicted octanol–water partition coefficient (Wildman–Crippen LogP) is 7.65. The second-order valence-corrected chi connectivity index (χ2v) is 9.12. The topological polar surface area (TPSA) is 55.7 Å². The average molecular weight is 543 g/mol. The van der Waals surface area contributed by atoms with Crippen molar-refractivity contribution in [2.45, 2.75) is 13.5 Å². The van der Waals surface area contributed by atoms with Gasteiger partial charge in [-0.2, -0.15) is 5.10 Å². The molecule has 4 aromatic rings. The van der Waals surface area contributed by atoms with Gasteiger partial charge in [0.1, 0.15) is 6.61 Å². The lowest BCUT2D eigenvalue weighted by atomic mass is 10.2. The zero-order valence-corrected chi connectivity index (χ0v) is 21.0. The lowest BCUT2D eigenvalue weighted by Gasteiger charge is -2.13. The lowest BCUT2D eigenvalue weighted by molar-refractivity contribution is 0.269. The number of nitrogens with one attached hydrogen (secondary N) is 1. The van der Waals surface area contributed by atoms with E-state index in [1.165, 1.54) is 11.3 Å². The molecular formula is C25H21BrClN3O2S. The minimum absolute atomic E-state index is 0.361. The summed E-state index contributed by atoms with van der Waals surface area (Å²) in [7, 11) is 0. The first kappa shape index (κ1) is 23.3. The Labute approximate surface area is 210 Å². The van der Waals surface area contributed by atoms with Gasteiger partial charge in [-0.3, -0.25) is 5.43 Å². The highest BCUT2D eigenvalue weighted by Gasteiger charge is 2.08. The maximum atomic E-state index is 6.23. The fraction of sp³-hybridized carbons (Fsp3) is 0.120. The van der Waals surface area contributed by atoms with Gasteiger partial charge < -0.3 is 9.47 Å².